The summed E-state index contributed by atoms with van der Waals surface area (Å²) < 4.78 is 5.39. The van der Waals surface area contributed by atoms with Crippen molar-refractivity contribution in [2.45, 2.75) is 37.6 Å². The standard InChI is InChI=1S/C11H18O3/c1-14-11-9(13)4-7-6-2-5(10(7)11)3-8(6)12/h5-13H,2-4H2,1H3. The van der Waals surface area contributed by atoms with Crippen LogP contribution in [0.3, 0.4) is 0 Å². The summed E-state index contributed by atoms with van der Waals surface area (Å²) in [6.07, 6.45) is 2.54. The Kier molecular flexibility index (Phi) is 1.92. The zero-order valence-electron chi connectivity index (χ0n) is 8.47. The fourth-order valence-electron chi connectivity index (χ4n) is 4.32. The molecule has 3 aliphatic rings. The van der Waals surface area contributed by atoms with Crippen LogP contribution in [0.25, 0.3) is 0 Å². The van der Waals surface area contributed by atoms with Crippen molar-refractivity contribution in [1.29, 1.82) is 0 Å². The van der Waals surface area contributed by atoms with Crippen molar-refractivity contribution in [3.8, 4) is 0 Å². The first-order valence-electron chi connectivity index (χ1n) is 5.61. The molecule has 0 aliphatic heterocycles. The predicted molar refractivity (Wildman–Crippen MR) is 50.6 cm³/mol. The third-order valence-corrected chi connectivity index (χ3v) is 4.75. The van der Waals surface area contributed by atoms with Crippen molar-refractivity contribution in [2.24, 2.45) is 23.7 Å². The zero-order valence-corrected chi connectivity index (χ0v) is 8.47. The Morgan fingerprint density at radius 1 is 1.00 bits per heavy atom. The quantitative estimate of drug-likeness (QED) is 0.641. The van der Waals surface area contributed by atoms with Gasteiger partial charge in [-0.2, -0.15) is 0 Å². The van der Waals surface area contributed by atoms with Crippen molar-refractivity contribution in [3.05, 3.63) is 0 Å². The Hall–Kier alpha value is -0.120. The number of ether oxygens (including phenoxy) is 1. The summed E-state index contributed by atoms with van der Waals surface area (Å²) >= 11 is 0. The van der Waals surface area contributed by atoms with Crippen LogP contribution in [-0.4, -0.2) is 35.6 Å². The van der Waals surface area contributed by atoms with Gasteiger partial charge in [0.2, 0.25) is 0 Å². The first-order chi connectivity index (χ1) is 6.72. The number of methoxy groups -OCH3 is 1. The maximum Gasteiger partial charge on any atom is 0.0863 e. The molecule has 7 unspecified atom stereocenters. The molecule has 7 atom stereocenters. The van der Waals surface area contributed by atoms with Crippen molar-refractivity contribution in [2.75, 3.05) is 7.11 Å². The Bertz CT molecular complexity index is 243. The maximum absolute atomic E-state index is 9.84. The third kappa shape index (κ3) is 0.980. The van der Waals surface area contributed by atoms with E-state index in [0.29, 0.717) is 23.7 Å². The van der Waals surface area contributed by atoms with Gasteiger partial charge in [-0.1, -0.05) is 0 Å². The summed E-state index contributed by atoms with van der Waals surface area (Å²) in [5.41, 5.74) is 0. The number of aliphatic hydroxyl groups is 2. The molecule has 0 aromatic carbocycles. The van der Waals surface area contributed by atoms with E-state index in [9.17, 15) is 10.2 Å². The first-order valence-corrected chi connectivity index (χ1v) is 5.61. The summed E-state index contributed by atoms with van der Waals surface area (Å²) in [7, 11) is 1.69. The van der Waals surface area contributed by atoms with Gasteiger partial charge >= 0.3 is 0 Å². The van der Waals surface area contributed by atoms with Gasteiger partial charge in [0.05, 0.1) is 18.3 Å². The lowest BCUT2D eigenvalue weighted by Crippen LogP contribution is -2.34. The molecule has 2 N–H and O–H groups in total. The topological polar surface area (TPSA) is 49.7 Å². The van der Waals surface area contributed by atoms with Crippen LogP contribution in [0.2, 0.25) is 0 Å². The second-order valence-electron chi connectivity index (χ2n) is 5.21. The maximum atomic E-state index is 9.84. The molecule has 0 saturated heterocycles. The lowest BCUT2D eigenvalue weighted by molar-refractivity contribution is -0.0323. The molecule has 0 aromatic rings. The minimum atomic E-state index is -0.300. The van der Waals surface area contributed by atoms with Crippen LogP contribution >= 0.6 is 0 Å². The van der Waals surface area contributed by atoms with Crippen LogP contribution < -0.4 is 0 Å². The van der Waals surface area contributed by atoms with Crippen molar-refractivity contribution < 1.29 is 14.9 Å². The first kappa shape index (κ1) is 9.13. The van der Waals surface area contributed by atoms with Gasteiger partial charge in [-0.15, -0.1) is 0 Å². The monoisotopic (exact) mass is 198 g/mol. The van der Waals surface area contributed by atoms with E-state index in [-0.39, 0.29) is 18.3 Å². The molecule has 0 amide bonds. The lowest BCUT2D eigenvalue weighted by Gasteiger charge is -2.30. The molecule has 14 heavy (non-hydrogen) atoms. The molecule has 0 radical (unpaired) electrons. The highest BCUT2D eigenvalue weighted by molar-refractivity contribution is 5.08. The molecule has 0 spiro atoms. The highest BCUT2D eigenvalue weighted by Crippen LogP contribution is 2.59. The van der Waals surface area contributed by atoms with Gasteiger partial charge in [-0.05, 0) is 42.9 Å². The van der Waals surface area contributed by atoms with Crippen molar-refractivity contribution in [3.63, 3.8) is 0 Å². The van der Waals surface area contributed by atoms with E-state index in [1.54, 1.807) is 7.11 Å². The Labute approximate surface area is 84.1 Å². The normalized spacial score (nSPS) is 60.6. The van der Waals surface area contributed by atoms with Crippen LogP contribution in [0.5, 0.6) is 0 Å². The number of hydrogen-bond acceptors (Lipinski definition) is 3. The molecule has 0 heterocycles. The summed E-state index contributed by atoms with van der Waals surface area (Å²) in [5, 5.41) is 19.6. The molecule has 80 valence electrons. The summed E-state index contributed by atoms with van der Waals surface area (Å²) in [6.45, 7) is 0. The fourth-order valence-corrected chi connectivity index (χ4v) is 4.32. The third-order valence-electron chi connectivity index (χ3n) is 4.75. The molecule has 3 fully saturated rings. The summed E-state index contributed by atoms with van der Waals surface area (Å²) in [6, 6.07) is 0. The summed E-state index contributed by atoms with van der Waals surface area (Å²) in [5.74, 6) is 2.08. The van der Waals surface area contributed by atoms with Gasteiger partial charge in [-0.3, -0.25) is 0 Å². The smallest absolute Gasteiger partial charge is 0.0863 e. The van der Waals surface area contributed by atoms with Gasteiger partial charge in [0.15, 0.2) is 0 Å². The highest BCUT2D eigenvalue weighted by Gasteiger charge is 2.59. The van der Waals surface area contributed by atoms with E-state index in [2.05, 4.69) is 0 Å². The number of hydrogen-bond donors (Lipinski definition) is 2. The van der Waals surface area contributed by atoms with Crippen molar-refractivity contribution >= 4 is 0 Å². The number of aliphatic hydroxyl groups excluding tert-OH is 2. The average Bonchev–Trinajstić information content (AvgIpc) is 2.73. The molecule has 3 heteroatoms. The van der Waals surface area contributed by atoms with Crippen LogP contribution in [0.4, 0.5) is 0 Å². The molecule has 3 nitrogen and oxygen atoms in total. The summed E-state index contributed by atoms with van der Waals surface area (Å²) in [4.78, 5) is 0. The second kappa shape index (κ2) is 2.94. The fraction of sp³-hybridized carbons (Fsp3) is 1.00. The van der Waals surface area contributed by atoms with Gasteiger partial charge in [-0.25, -0.2) is 0 Å². The lowest BCUT2D eigenvalue weighted by atomic mass is 9.79. The van der Waals surface area contributed by atoms with Gasteiger partial charge in [0.25, 0.3) is 0 Å². The SMILES string of the molecule is COC1C(O)CC2C3CC(CC3O)C21. The minimum absolute atomic E-state index is 0.0301. The Balaban J connectivity index is 1.86. The highest BCUT2D eigenvalue weighted by atomic mass is 16.5. The van der Waals surface area contributed by atoms with Crippen LogP contribution in [0, 0.1) is 23.7 Å². The van der Waals surface area contributed by atoms with Gasteiger partial charge in [0, 0.05) is 7.11 Å². The van der Waals surface area contributed by atoms with E-state index in [0.717, 1.165) is 19.3 Å². The van der Waals surface area contributed by atoms with Gasteiger partial charge in [0.1, 0.15) is 0 Å². The second-order valence-corrected chi connectivity index (χ2v) is 5.21. The largest absolute Gasteiger partial charge is 0.393 e. The number of rotatable bonds is 1. The molecular formula is C11H18O3. The van der Waals surface area contributed by atoms with Crippen LogP contribution in [0.15, 0.2) is 0 Å². The molecule has 3 rings (SSSR count). The van der Waals surface area contributed by atoms with Crippen LogP contribution in [-0.2, 0) is 4.74 Å². The van der Waals surface area contributed by atoms with E-state index < -0.39 is 0 Å². The zero-order chi connectivity index (χ0) is 9.87. The molecule has 3 saturated carbocycles. The molecule has 2 bridgehead atoms. The van der Waals surface area contributed by atoms with E-state index >= 15 is 0 Å². The minimum Gasteiger partial charge on any atom is -0.393 e. The van der Waals surface area contributed by atoms with Gasteiger partial charge < -0.3 is 14.9 Å². The average molecular weight is 198 g/mol. The predicted octanol–water partition coefficient (Wildman–Crippen LogP) is 0.399. The van der Waals surface area contributed by atoms with E-state index in [1.165, 1.54) is 0 Å². The molecule has 0 aromatic heterocycles. The molecule has 3 aliphatic carbocycles. The number of fused-ring (bicyclic) bond motifs is 5. The molecular weight excluding hydrogens is 180 g/mol. The van der Waals surface area contributed by atoms with Crippen LogP contribution in [0.1, 0.15) is 19.3 Å². The van der Waals surface area contributed by atoms with E-state index in [4.69, 9.17) is 4.74 Å². The Morgan fingerprint density at radius 3 is 2.50 bits per heavy atom. The Morgan fingerprint density at radius 2 is 1.79 bits per heavy atom. The van der Waals surface area contributed by atoms with Crippen molar-refractivity contribution in [1.82, 2.24) is 0 Å². The van der Waals surface area contributed by atoms with E-state index in [1.807, 2.05) is 0 Å².